The summed E-state index contributed by atoms with van der Waals surface area (Å²) in [6.07, 6.45) is 0.985. The second kappa shape index (κ2) is 6.30. The van der Waals surface area contributed by atoms with Gasteiger partial charge < -0.3 is 15.0 Å². The van der Waals surface area contributed by atoms with Gasteiger partial charge in [0.2, 0.25) is 0 Å². The molecule has 1 rings (SSSR count). The van der Waals surface area contributed by atoms with Crippen molar-refractivity contribution in [3.05, 3.63) is 23.6 Å². The van der Waals surface area contributed by atoms with Gasteiger partial charge in [0.1, 0.15) is 11.6 Å². The number of nitrogens with zero attached hydrogens (tertiary/aromatic N) is 2. The molecule has 0 spiro atoms. The summed E-state index contributed by atoms with van der Waals surface area (Å²) in [5.74, 6) is -0.473. The molecule has 5 nitrogen and oxygen atoms in total. The molecular weight excluding hydrogens is 237 g/mol. The number of pyridine rings is 1. The van der Waals surface area contributed by atoms with E-state index in [0.29, 0.717) is 12.4 Å². The molecule has 0 aliphatic rings. The first-order valence-electron chi connectivity index (χ1n) is 5.61. The molecule has 0 radical (unpaired) electrons. The molecule has 1 unspecified atom stereocenters. The number of aromatic nitrogens is 1. The number of halogens is 1. The lowest BCUT2D eigenvalue weighted by Crippen LogP contribution is -2.34. The molecule has 0 saturated carbocycles. The molecule has 6 heteroatoms. The Morgan fingerprint density at radius 1 is 1.67 bits per heavy atom. The maximum absolute atomic E-state index is 13.2. The summed E-state index contributed by atoms with van der Waals surface area (Å²) in [4.78, 5) is 17.5. The number of amides is 1. The van der Waals surface area contributed by atoms with Gasteiger partial charge in [-0.25, -0.2) is 9.37 Å². The van der Waals surface area contributed by atoms with E-state index in [0.717, 1.165) is 6.20 Å². The normalized spacial score (nSPS) is 12.1. The molecule has 1 aromatic heterocycles. The van der Waals surface area contributed by atoms with Crippen molar-refractivity contribution in [3.8, 4) is 0 Å². The third-order valence-electron chi connectivity index (χ3n) is 2.60. The third-order valence-corrected chi connectivity index (χ3v) is 2.60. The van der Waals surface area contributed by atoms with Gasteiger partial charge in [-0.15, -0.1) is 0 Å². The summed E-state index contributed by atoms with van der Waals surface area (Å²) >= 11 is 0. The number of methoxy groups -OCH3 is 1. The number of hydrogen-bond donors (Lipinski definition) is 1. The second-order valence-corrected chi connectivity index (χ2v) is 4.03. The first-order chi connectivity index (χ1) is 8.49. The van der Waals surface area contributed by atoms with E-state index in [1.807, 2.05) is 6.92 Å². The zero-order valence-corrected chi connectivity index (χ0v) is 11.0. The number of rotatable bonds is 5. The minimum absolute atomic E-state index is 0.0847. The van der Waals surface area contributed by atoms with Gasteiger partial charge in [-0.2, -0.15) is 0 Å². The van der Waals surface area contributed by atoms with Crippen molar-refractivity contribution < 1.29 is 13.9 Å². The Morgan fingerprint density at radius 3 is 2.89 bits per heavy atom. The number of carbonyl (C=O) groups excluding carboxylic acids is 1. The molecule has 0 fully saturated rings. The van der Waals surface area contributed by atoms with E-state index in [1.165, 1.54) is 11.0 Å². The fourth-order valence-electron chi connectivity index (χ4n) is 1.55. The molecule has 1 aromatic rings. The van der Waals surface area contributed by atoms with Crippen LogP contribution in [-0.4, -0.2) is 49.6 Å². The standard InChI is InChI=1S/C12H18FN3O2/c1-8(18-4)7-16(3)12(17)10-5-9(13)6-15-11(10)14-2/h5-6,8H,7H2,1-4H3,(H,14,15). The van der Waals surface area contributed by atoms with E-state index >= 15 is 0 Å². The number of hydrogen-bond acceptors (Lipinski definition) is 4. The van der Waals surface area contributed by atoms with Crippen LogP contribution < -0.4 is 5.32 Å². The van der Waals surface area contributed by atoms with Gasteiger partial charge in [0.05, 0.1) is 17.9 Å². The molecule has 0 aliphatic heterocycles. The van der Waals surface area contributed by atoms with E-state index in [2.05, 4.69) is 10.3 Å². The van der Waals surface area contributed by atoms with Gasteiger partial charge in [0, 0.05) is 27.7 Å². The van der Waals surface area contributed by atoms with Crippen LogP contribution in [0.25, 0.3) is 0 Å². The lowest BCUT2D eigenvalue weighted by Gasteiger charge is -2.21. The van der Waals surface area contributed by atoms with Gasteiger partial charge in [-0.05, 0) is 13.0 Å². The molecule has 0 bridgehead atoms. The molecular formula is C12H18FN3O2. The quantitative estimate of drug-likeness (QED) is 0.863. The monoisotopic (exact) mass is 255 g/mol. The van der Waals surface area contributed by atoms with Crippen LogP contribution in [-0.2, 0) is 4.74 Å². The second-order valence-electron chi connectivity index (χ2n) is 4.03. The predicted molar refractivity (Wildman–Crippen MR) is 67.2 cm³/mol. The van der Waals surface area contributed by atoms with Crippen molar-refractivity contribution in [2.45, 2.75) is 13.0 Å². The highest BCUT2D eigenvalue weighted by atomic mass is 19.1. The van der Waals surface area contributed by atoms with Crippen LogP contribution in [0.2, 0.25) is 0 Å². The Kier molecular flexibility index (Phi) is 5.03. The highest BCUT2D eigenvalue weighted by Crippen LogP contribution is 2.15. The molecule has 1 atom stereocenters. The fourth-order valence-corrected chi connectivity index (χ4v) is 1.55. The maximum Gasteiger partial charge on any atom is 0.257 e. The van der Waals surface area contributed by atoms with Gasteiger partial charge in [-0.1, -0.05) is 0 Å². The SMILES string of the molecule is CNc1ncc(F)cc1C(=O)N(C)CC(C)OC. The first-order valence-corrected chi connectivity index (χ1v) is 5.61. The van der Waals surface area contributed by atoms with Crippen molar-refractivity contribution in [1.29, 1.82) is 0 Å². The van der Waals surface area contributed by atoms with Gasteiger partial charge in [0.25, 0.3) is 5.91 Å². The fraction of sp³-hybridized carbons (Fsp3) is 0.500. The zero-order valence-electron chi connectivity index (χ0n) is 11.0. The molecule has 1 N–H and O–H groups in total. The summed E-state index contributed by atoms with van der Waals surface area (Å²) in [6.45, 7) is 2.28. The molecule has 1 heterocycles. The largest absolute Gasteiger partial charge is 0.380 e. The molecule has 0 aromatic carbocycles. The lowest BCUT2D eigenvalue weighted by atomic mass is 10.2. The van der Waals surface area contributed by atoms with Gasteiger partial charge in [0.15, 0.2) is 0 Å². The Morgan fingerprint density at radius 2 is 2.33 bits per heavy atom. The van der Waals surface area contributed by atoms with E-state index < -0.39 is 5.82 Å². The van der Waals surface area contributed by atoms with E-state index in [4.69, 9.17) is 4.74 Å². The van der Waals surface area contributed by atoms with E-state index in [1.54, 1.807) is 21.2 Å². The number of anilines is 1. The van der Waals surface area contributed by atoms with E-state index in [-0.39, 0.29) is 17.6 Å². The topological polar surface area (TPSA) is 54.5 Å². The zero-order chi connectivity index (χ0) is 13.7. The summed E-state index contributed by atoms with van der Waals surface area (Å²) in [5, 5.41) is 2.77. The maximum atomic E-state index is 13.2. The Bertz CT molecular complexity index is 426. The van der Waals surface area contributed by atoms with Crippen molar-refractivity contribution in [3.63, 3.8) is 0 Å². The summed E-state index contributed by atoms with van der Waals surface area (Å²) in [7, 11) is 4.85. The van der Waals surface area contributed by atoms with Crippen LogP contribution in [0.4, 0.5) is 10.2 Å². The van der Waals surface area contributed by atoms with Crippen LogP contribution in [0.3, 0.4) is 0 Å². The molecule has 18 heavy (non-hydrogen) atoms. The predicted octanol–water partition coefficient (Wildman–Crippen LogP) is 1.37. The molecule has 1 amide bonds. The highest BCUT2D eigenvalue weighted by molar-refractivity contribution is 5.98. The molecule has 100 valence electrons. The Hall–Kier alpha value is -1.69. The molecule has 0 saturated heterocycles. The summed E-state index contributed by atoms with van der Waals surface area (Å²) < 4.78 is 18.2. The summed E-state index contributed by atoms with van der Waals surface area (Å²) in [5.41, 5.74) is 0.211. The number of likely N-dealkylation sites (N-methyl/N-ethyl adjacent to an activating group) is 1. The number of ether oxygens (including phenoxy) is 1. The van der Waals surface area contributed by atoms with Crippen LogP contribution in [0, 0.1) is 5.82 Å². The van der Waals surface area contributed by atoms with Crippen LogP contribution in [0.5, 0.6) is 0 Å². The van der Waals surface area contributed by atoms with Crippen molar-refractivity contribution in [2.75, 3.05) is 33.1 Å². The summed E-state index contributed by atoms with van der Waals surface area (Å²) in [6, 6.07) is 1.18. The van der Waals surface area contributed by atoms with E-state index in [9.17, 15) is 9.18 Å². The number of nitrogens with one attached hydrogen (secondary N) is 1. The smallest absolute Gasteiger partial charge is 0.257 e. The average molecular weight is 255 g/mol. The van der Waals surface area contributed by atoms with Crippen LogP contribution in [0.1, 0.15) is 17.3 Å². The Balaban J connectivity index is 2.92. The first kappa shape index (κ1) is 14.4. The van der Waals surface area contributed by atoms with Crippen molar-refractivity contribution >= 4 is 11.7 Å². The van der Waals surface area contributed by atoms with Crippen LogP contribution in [0.15, 0.2) is 12.3 Å². The van der Waals surface area contributed by atoms with Gasteiger partial charge in [-0.3, -0.25) is 4.79 Å². The Labute approximate surface area is 106 Å². The number of carbonyl (C=O) groups is 1. The molecule has 0 aliphatic carbocycles. The average Bonchev–Trinajstić information content (AvgIpc) is 2.37. The third kappa shape index (κ3) is 3.40. The minimum Gasteiger partial charge on any atom is -0.380 e. The minimum atomic E-state index is -0.537. The van der Waals surface area contributed by atoms with Gasteiger partial charge >= 0.3 is 0 Å². The van der Waals surface area contributed by atoms with Crippen LogP contribution >= 0.6 is 0 Å². The lowest BCUT2D eigenvalue weighted by molar-refractivity contribution is 0.0600. The van der Waals surface area contributed by atoms with Crippen molar-refractivity contribution in [1.82, 2.24) is 9.88 Å². The van der Waals surface area contributed by atoms with Crippen molar-refractivity contribution in [2.24, 2.45) is 0 Å². The highest BCUT2D eigenvalue weighted by Gasteiger charge is 2.18.